The highest BCUT2D eigenvalue weighted by Gasteiger charge is 2.21. The van der Waals surface area contributed by atoms with Crippen LogP contribution in [0.2, 0.25) is 0 Å². The minimum absolute atomic E-state index is 0.467. The third-order valence-corrected chi connectivity index (χ3v) is 1.35. The van der Waals surface area contributed by atoms with Gasteiger partial charge < -0.3 is 20.0 Å². The number of hydrogen-bond donors (Lipinski definition) is 2. The van der Waals surface area contributed by atoms with Crippen molar-refractivity contribution in [3.8, 4) is 0 Å². The Hall–Kier alpha value is -1.10. The van der Waals surface area contributed by atoms with Crippen LogP contribution in [-0.4, -0.2) is 35.2 Å². The van der Waals surface area contributed by atoms with Crippen molar-refractivity contribution in [2.75, 3.05) is 0 Å². The Morgan fingerprint density at radius 3 is 2.29 bits per heavy atom. The Morgan fingerprint density at radius 1 is 1.50 bits per heavy atom. The summed E-state index contributed by atoms with van der Waals surface area (Å²) in [5.41, 5.74) is -0.615. The molecule has 0 radical (unpaired) electrons. The van der Waals surface area contributed by atoms with Gasteiger partial charge in [0.05, 0.1) is 6.10 Å². The number of rotatable bonds is 3. The monoisotopic (exact) mass is 203 g/mol. The van der Waals surface area contributed by atoms with Gasteiger partial charge in [-0.05, 0) is 27.7 Å². The number of alkyl carbamates (subject to hydrolysis) is 1. The Bertz CT molecular complexity index is 207. The first kappa shape index (κ1) is 12.9. The van der Waals surface area contributed by atoms with Crippen LogP contribution in [0.1, 0.15) is 27.7 Å². The van der Waals surface area contributed by atoms with E-state index >= 15 is 0 Å². The zero-order valence-corrected chi connectivity index (χ0v) is 8.90. The summed E-state index contributed by atoms with van der Waals surface area (Å²) in [7, 11) is 0. The van der Waals surface area contributed by atoms with Crippen LogP contribution in [0.15, 0.2) is 0 Å². The fourth-order valence-electron chi connectivity index (χ4n) is 0.712. The molecule has 5 heteroatoms. The lowest BCUT2D eigenvalue weighted by molar-refractivity contribution is -0.111. The smallest absolute Gasteiger partial charge is 0.408 e. The van der Waals surface area contributed by atoms with Gasteiger partial charge in [-0.1, -0.05) is 0 Å². The molecule has 0 aliphatic heterocycles. The maximum Gasteiger partial charge on any atom is 0.408 e. The summed E-state index contributed by atoms with van der Waals surface area (Å²) >= 11 is 0. The third-order valence-electron chi connectivity index (χ3n) is 1.35. The van der Waals surface area contributed by atoms with Crippen LogP contribution in [0, 0.1) is 0 Å². The molecule has 0 spiro atoms. The van der Waals surface area contributed by atoms with Gasteiger partial charge in [-0.15, -0.1) is 0 Å². The van der Waals surface area contributed by atoms with Crippen molar-refractivity contribution >= 4 is 12.4 Å². The second-order valence-electron chi connectivity index (χ2n) is 4.05. The average molecular weight is 203 g/mol. The molecule has 0 fully saturated rings. The summed E-state index contributed by atoms with van der Waals surface area (Å²) in [6.07, 6.45) is -1.18. The van der Waals surface area contributed by atoms with Crippen LogP contribution >= 0.6 is 0 Å². The van der Waals surface area contributed by atoms with Gasteiger partial charge in [-0.25, -0.2) is 4.79 Å². The van der Waals surface area contributed by atoms with Gasteiger partial charge in [0.2, 0.25) is 0 Å². The fourth-order valence-corrected chi connectivity index (χ4v) is 0.712. The van der Waals surface area contributed by atoms with Gasteiger partial charge in [0, 0.05) is 0 Å². The molecule has 1 amide bonds. The van der Waals surface area contributed by atoms with Gasteiger partial charge in [-0.2, -0.15) is 0 Å². The second-order valence-corrected chi connectivity index (χ2v) is 4.05. The normalized spacial score (nSPS) is 15.5. The van der Waals surface area contributed by atoms with Crippen LogP contribution < -0.4 is 5.32 Å². The molecule has 82 valence electrons. The molecule has 0 saturated heterocycles. The molecule has 0 aliphatic carbocycles. The lowest BCUT2D eigenvalue weighted by Crippen LogP contribution is -2.45. The van der Waals surface area contributed by atoms with Crippen molar-refractivity contribution in [1.29, 1.82) is 0 Å². The summed E-state index contributed by atoms with van der Waals surface area (Å²) in [5, 5.41) is 11.3. The number of aldehydes is 1. The highest BCUT2D eigenvalue weighted by atomic mass is 16.6. The van der Waals surface area contributed by atoms with E-state index in [2.05, 4.69) is 5.32 Å². The third kappa shape index (κ3) is 5.53. The fraction of sp³-hybridized carbons (Fsp3) is 0.778. The number of amides is 1. The predicted molar refractivity (Wildman–Crippen MR) is 50.9 cm³/mol. The van der Waals surface area contributed by atoms with Crippen molar-refractivity contribution in [3.63, 3.8) is 0 Å². The zero-order chi connectivity index (χ0) is 11.4. The molecule has 14 heavy (non-hydrogen) atoms. The number of aliphatic hydroxyl groups is 1. The molecule has 0 aromatic carbocycles. The first-order valence-electron chi connectivity index (χ1n) is 4.39. The van der Waals surface area contributed by atoms with Gasteiger partial charge in [-0.3, -0.25) is 0 Å². The van der Waals surface area contributed by atoms with E-state index in [4.69, 9.17) is 9.84 Å². The molecule has 0 saturated carbocycles. The van der Waals surface area contributed by atoms with Crippen molar-refractivity contribution in [2.45, 2.75) is 45.4 Å². The van der Waals surface area contributed by atoms with Crippen molar-refractivity contribution in [1.82, 2.24) is 5.32 Å². The molecule has 0 bridgehead atoms. The van der Waals surface area contributed by atoms with Crippen molar-refractivity contribution in [3.05, 3.63) is 0 Å². The molecule has 5 nitrogen and oxygen atoms in total. The zero-order valence-electron chi connectivity index (χ0n) is 8.90. The quantitative estimate of drug-likeness (QED) is 0.653. The molecule has 0 rings (SSSR count). The highest BCUT2D eigenvalue weighted by Crippen LogP contribution is 2.06. The van der Waals surface area contributed by atoms with Gasteiger partial charge in [0.1, 0.15) is 17.9 Å². The molecule has 2 atom stereocenters. The Labute approximate surface area is 83.4 Å². The maximum atomic E-state index is 11.1. The van der Waals surface area contributed by atoms with E-state index in [1.807, 2.05) is 0 Å². The maximum absolute atomic E-state index is 11.1. The predicted octanol–water partition coefficient (Wildman–Crippen LogP) is 0.459. The molecule has 0 heterocycles. The molecule has 0 aromatic heterocycles. The number of aliphatic hydroxyl groups excluding tert-OH is 1. The van der Waals surface area contributed by atoms with Crippen molar-refractivity contribution in [2.24, 2.45) is 0 Å². The lowest BCUT2D eigenvalue weighted by Gasteiger charge is -2.22. The minimum atomic E-state index is -0.931. The first-order chi connectivity index (χ1) is 6.26. The largest absolute Gasteiger partial charge is 0.444 e. The van der Waals surface area contributed by atoms with Crippen molar-refractivity contribution < 1.29 is 19.4 Å². The van der Waals surface area contributed by atoms with Crippen LogP contribution in [-0.2, 0) is 9.53 Å². The molecule has 0 aromatic rings. The Balaban J connectivity index is 4.11. The van der Waals surface area contributed by atoms with E-state index in [1.165, 1.54) is 6.92 Å². The lowest BCUT2D eigenvalue weighted by atomic mass is 10.2. The van der Waals surface area contributed by atoms with E-state index in [0.717, 1.165) is 0 Å². The Kier molecular flexibility index (Phi) is 4.56. The summed E-state index contributed by atoms with van der Waals surface area (Å²) in [4.78, 5) is 21.5. The highest BCUT2D eigenvalue weighted by molar-refractivity contribution is 5.73. The van der Waals surface area contributed by atoms with Crippen LogP contribution in [0.4, 0.5) is 4.79 Å². The molecular weight excluding hydrogens is 186 g/mol. The van der Waals surface area contributed by atoms with Gasteiger partial charge >= 0.3 is 6.09 Å². The van der Waals surface area contributed by atoms with E-state index < -0.39 is 23.8 Å². The summed E-state index contributed by atoms with van der Waals surface area (Å²) in [6, 6.07) is -0.926. The number of carbonyl (C=O) groups excluding carboxylic acids is 2. The molecular formula is C9H17NO4. The average Bonchev–Trinajstić information content (AvgIpc) is 1.96. The van der Waals surface area contributed by atoms with E-state index in [-0.39, 0.29) is 0 Å². The Morgan fingerprint density at radius 2 is 2.00 bits per heavy atom. The molecule has 2 N–H and O–H groups in total. The van der Waals surface area contributed by atoms with E-state index in [9.17, 15) is 9.59 Å². The SMILES string of the molecule is C[C@@H](O)C(C=O)NC(=O)OC(C)(C)C. The molecule has 0 aliphatic rings. The van der Waals surface area contributed by atoms with Crippen LogP contribution in [0.25, 0.3) is 0 Å². The summed E-state index contributed by atoms with van der Waals surface area (Å²) in [6.45, 7) is 6.55. The van der Waals surface area contributed by atoms with E-state index in [1.54, 1.807) is 20.8 Å². The number of nitrogens with one attached hydrogen (secondary N) is 1. The standard InChI is InChI=1S/C9H17NO4/c1-6(12)7(5-11)10-8(13)14-9(2,3)4/h5-7,12H,1-4H3,(H,10,13)/t6-,7?/m1/s1. The number of carbonyl (C=O) groups is 2. The van der Waals surface area contributed by atoms with Crippen LogP contribution in [0.5, 0.6) is 0 Å². The van der Waals surface area contributed by atoms with Gasteiger partial charge in [0.15, 0.2) is 0 Å². The second kappa shape index (κ2) is 4.95. The number of hydrogen-bond acceptors (Lipinski definition) is 4. The van der Waals surface area contributed by atoms with E-state index in [0.29, 0.717) is 6.29 Å². The molecule has 1 unspecified atom stereocenters. The summed E-state index contributed by atoms with van der Waals surface area (Å²) < 4.78 is 4.90. The number of ether oxygens (including phenoxy) is 1. The first-order valence-corrected chi connectivity index (χ1v) is 4.39. The minimum Gasteiger partial charge on any atom is -0.444 e. The summed E-state index contributed by atoms with van der Waals surface area (Å²) in [5.74, 6) is 0. The topological polar surface area (TPSA) is 75.6 Å². The van der Waals surface area contributed by atoms with Crippen LogP contribution in [0.3, 0.4) is 0 Å². The van der Waals surface area contributed by atoms with Gasteiger partial charge in [0.25, 0.3) is 0 Å².